The molecule has 2 fully saturated rings. The zero-order valence-corrected chi connectivity index (χ0v) is 16.7. The maximum absolute atomic E-state index is 14.5. The van der Waals surface area contributed by atoms with Crippen LogP contribution in [0.25, 0.3) is 0 Å². The number of rotatable bonds is 1. The number of aromatic nitrogens is 2. The molecule has 2 heterocycles. The summed E-state index contributed by atoms with van der Waals surface area (Å²) in [6.45, 7) is 0. The van der Waals surface area contributed by atoms with Crippen molar-refractivity contribution in [1.29, 1.82) is 0 Å². The summed E-state index contributed by atoms with van der Waals surface area (Å²) in [5.41, 5.74) is 6.81. The molecule has 158 valence electrons. The lowest BCUT2D eigenvalue weighted by molar-refractivity contribution is -0.123. The normalized spacial score (nSPS) is 31.3. The molecule has 11 heteroatoms. The number of nitrogens with one attached hydrogen (secondary N) is 3. The van der Waals surface area contributed by atoms with E-state index in [1.807, 2.05) is 0 Å². The van der Waals surface area contributed by atoms with Crippen molar-refractivity contribution in [2.75, 3.05) is 10.6 Å². The molecule has 5 rings (SSSR count). The zero-order chi connectivity index (χ0) is 21.0. The summed E-state index contributed by atoms with van der Waals surface area (Å²) in [4.78, 5) is 20.3. The van der Waals surface area contributed by atoms with Crippen LogP contribution in [0.15, 0.2) is 30.5 Å². The number of halogens is 1. The summed E-state index contributed by atoms with van der Waals surface area (Å²) >= 11 is 0. The van der Waals surface area contributed by atoms with E-state index < -0.39 is 33.7 Å². The van der Waals surface area contributed by atoms with Gasteiger partial charge in [0, 0.05) is 17.8 Å². The molecular weight excluding hydrogens is 411 g/mol. The fourth-order valence-corrected chi connectivity index (χ4v) is 6.58. The summed E-state index contributed by atoms with van der Waals surface area (Å²) in [6, 6.07) is 6.00. The van der Waals surface area contributed by atoms with Gasteiger partial charge in [-0.1, -0.05) is 12.1 Å². The van der Waals surface area contributed by atoms with E-state index in [9.17, 15) is 17.6 Å². The molecule has 1 aliphatic heterocycles. The monoisotopic (exact) mass is 432 g/mol. The molecule has 3 aliphatic rings. The van der Waals surface area contributed by atoms with Crippen LogP contribution in [-0.4, -0.2) is 36.4 Å². The van der Waals surface area contributed by atoms with Crippen molar-refractivity contribution in [3.63, 3.8) is 0 Å². The van der Waals surface area contributed by atoms with Crippen LogP contribution in [0.2, 0.25) is 0 Å². The topological polar surface area (TPSA) is 139 Å². The van der Waals surface area contributed by atoms with Gasteiger partial charge in [-0.2, -0.15) is 4.98 Å². The maximum atomic E-state index is 14.5. The summed E-state index contributed by atoms with van der Waals surface area (Å²) < 4.78 is 42.9. The number of nitrogens with zero attached hydrogens (tertiary/aromatic N) is 2. The average Bonchev–Trinajstić information content (AvgIpc) is 3.21. The minimum Gasteiger partial charge on any atom is -0.369 e. The molecule has 0 saturated heterocycles. The van der Waals surface area contributed by atoms with Crippen LogP contribution < -0.4 is 21.1 Å². The van der Waals surface area contributed by atoms with E-state index in [-0.39, 0.29) is 35.4 Å². The van der Waals surface area contributed by atoms with Crippen molar-refractivity contribution in [2.45, 2.75) is 30.7 Å². The fourth-order valence-electron chi connectivity index (χ4n) is 5.15. The van der Waals surface area contributed by atoms with Gasteiger partial charge in [-0.25, -0.2) is 22.5 Å². The molecule has 5 N–H and O–H groups in total. The Morgan fingerprint density at radius 1 is 1.27 bits per heavy atom. The van der Waals surface area contributed by atoms with Crippen molar-refractivity contribution in [3.05, 3.63) is 41.8 Å². The predicted molar refractivity (Wildman–Crippen MR) is 108 cm³/mol. The summed E-state index contributed by atoms with van der Waals surface area (Å²) in [7, 11) is -3.62. The van der Waals surface area contributed by atoms with Gasteiger partial charge in [0.15, 0.2) is 11.6 Å². The number of nitrogens with two attached hydrogens (primary N) is 1. The van der Waals surface area contributed by atoms with Gasteiger partial charge >= 0.3 is 0 Å². The van der Waals surface area contributed by atoms with Gasteiger partial charge in [-0.15, -0.1) is 0 Å². The molecule has 1 aromatic heterocycles. The number of carbonyl (C=O) groups excluding carboxylic acids is 1. The standard InChI is InChI=1S/C19H21FN6O3S/c20-13-7-22-19-23-11-3-1-2-9(4-11)8-30(28,29)26-14-6-10-5-12(14)16(15(10)17(21)27)24-18(13)25-19/h1-4,7,10,12,14-16,26H,5-6,8H2,(H2,21,27)(H2,22,23,24,25). The molecule has 2 saturated carbocycles. The van der Waals surface area contributed by atoms with E-state index in [2.05, 4.69) is 25.3 Å². The number of sulfonamides is 1. The van der Waals surface area contributed by atoms with Crippen LogP contribution in [0.3, 0.4) is 0 Å². The van der Waals surface area contributed by atoms with Crippen LogP contribution >= 0.6 is 0 Å². The molecule has 5 unspecified atom stereocenters. The first-order chi connectivity index (χ1) is 14.3. The predicted octanol–water partition coefficient (Wildman–Crippen LogP) is 1.08. The Labute approximate surface area is 172 Å². The van der Waals surface area contributed by atoms with Crippen LogP contribution in [0.5, 0.6) is 0 Å². The van der Waals surface area contributed by atoms with Crippen LogP contribution in [0, 0.1) is 23.6 Å². The highest BCUT2D eigenvalue weighted by Gasteiger charge is 2.55. The largest absolute Gasteiger partial charge is 0.369 e. The Kier molecular flexibility index (Phi) is 4.40. The van der Waals surface area contributed by atoms with Gasteiger partial charge in [0.05, 0.1) is 17.9 Å². The van der Waals surface area contributed by atoms with Crippen molar-refractivity contribution in [3.8, 4) is 0 Å². The van der Waals surface area contributed by atoms with Crippen LogP contribution in [-0.2, 0) is 20.6 Å². The van der Waals surface area contributed by atoms with E-state index in [1.54, 1.807) is 24.3 Å². The molecular formula is C19H21FN6O3S. The molecule has 1 amide bonds. The quantitative estimate of drug-likeness (QED) is 0.529. The second-order valence-electron chi connectivity index (χ2n) is 8.19. The Hall–Kier alpha value is -2.79. The molecule has 9 nitrogen and oxygen atoms in total. The van der Waals surface area contributed by atoms with Gasteiger partial charge in [0.2, 0.25) is 21.9 Å². The highest BCUT2D eigenvalue weighted by molar-refractivity contribution is 7.88. The number of carbonyl (C=O) groups is 1. The highest BCUT2D eigenvalue weighted by Crippen LogP contribution is 2.50. The highest BCUT2D eigenvalue weighted by atomic mass is 32.2. The Morgan fingerprint density at radius 3 is 2.90 bits per heavy atom. The number of hydrogen-bond donors (Lipinski definition) is 4. The third kappa shape index (κ3) is 3.37. The summed E-state index contributed by atoms with van der Waals surface area (Å²) in [6.07, 6.45) is 2.21. The van der Waals surface area contributed by atoms with Crippen LogP contribution in [0.1, 0.15) is 18.4 Å². The van der Waals surface area contributed by atoms with Crippen molar-refractivity contribution in [1.82, 2.24) is 14.7 Å². The van der Waals surface area contributed by atoms with Gasteiger partial charge in [-0.05, 0) is 42.4 Å². The van der Waals surface area contributed by atoms with Gasteiger partial charge < -0.3 is 16.4 Å². The third-order valence-corrected chi connectivity index (χ3v) is 7.63. The Morgan fingerprint density at radius 2 is 2.10 bits per heavy atom. The van der Waals surface area contributed by atoms with E-state index in [4.69, 9.17) is 5.73 Å². The van der Waals surface area contributed by atoms with E-state index in [0.29, 0.717) is 24.1 Å². The first-order valence-electron chi connectivity index (χ1n) is 9.73. The van der Waals surface area contributed by atoms with Gasteiger partial charge in [-0.3, -0.25) is 4.79 Å². The second kappa shape index (κ2) is 6.88. The van der Waals surface area contributed by atoms with Crippen molar-refractivity contribution >= 4 is 33.4 Å². The number of benzene rings is 1. The average molecular weight is 432 g/mol. The van der Waals surface area contributed by atoms with Crippen LogP contribution in [0.4, 0.5) is 21.8 Å². The van der Waals surface area contributed by atoms with Gasteiger partial charge in [0.25, 0.3) is 0 Å². The Bertz CT molecular complexity index is 1130. The molecule has 1 aromatic carbocycles. The summed E-state index contributed by atoms with van der Waals surface area (Å²) in [5.74, 6) is -2.02. The molecule has 0 spiro atoms. The molecule has 30 heavy (non-hydrogen) atoms. The number of fused-ring (bicyclic) bond motifs is 5. The number of hydrogen-bond acceptors (Lipinski definition) is 7. The molecule has 6 bridgehead atoms. The minimum absolute atomic E-state index is 0.0499. The SMILES string of the molecule is NC(=O)C1C2CC3NS(=O)(=O)Cc4cccc(c4)Nc4ncc(F)c(n4)NC1C3C2. The third-order valence-electron chi connectivity index (χ3n) is 6.25. The first kappa shape index (κ1) is 19.2. The van der Waals surface area contributed by atoms with E-state index in [0.717, 1.165) is 6.20 Å². The fraction of sp³-hybridized carbons (Fsp3) is 0.421. The smallest absolute Gasteiger partial charge is 0.229 e. The van der Waals surface area contributed by atoms with E-state index in [1.165, 1.54) is 0 Å². The maximum Gasteiger partial charge on any atom is 0.229 e. The lowest BCUT2D eigenvalue weighted by Gasteiger charge is -2.35. The lowest BCUT2D eigenvalue weighted by atomic mass is 9.81. The lowest BCUT2D eigenvalue weighted by Crippen LogP contribution is -2.51. The number of anilines is 3. The van der Waals surface area contributed by atoms with E-state index >= 15 is 0 Å². The van der Waals surface area contributed by atoms with Crippen molar-refractivity contribution in [2.24, 2.45) is 23.5 Å². The number of primary amides is 1. The van der Waals surface area contributed by atoms with Crippen molar-refractivity contribution < 1.29 is 17.6 Å². The first-order valence-corrected chi connectivity index (χ1v) is 11.4. The molecule has 2 aromatic rings. The second-order valence-corrected chi connectivity index (χ2v) is 9.95. The minimum atomic E-state index is -3.62. The Balaban J connectivity index is 1.60. The molecule has 0 radical (unpaired) electrons. The molecule has 5 atom stereocenters. The molecule has 2 aliphatic carbocycles. The summed E-state index contributed by atoms with van der Waals surface area (Å²) in [5, 5.41) is 6.00. The number of amides is 1. The zero-order valence-electron chi connectivity index (χ0n) is 15.9. The van der Waals surface area contributed by atoms with Gasteiger partial charge in [0.1, 0.15) is 0 Å².